The highest BCUT2D eigenvalue weighted by molar-refractivity contribution is 9.11. The minimum absolute atomic E-state index is 0.0650. The second-order valence-electron chi connectivity index (χ2n) is 7.37. The Morgan fingerprint density at radius 2 is 2.12 bits per heavy atom. The zero-order valence-corrected chi connectivity index (χ0v) is 16.0. The fourth-order valence-corrected chi connectivity index (χ4v) is 4.28. The Labute approximate surface area is 150 Å². The van der Waals surface area contributed by atoms with Crippen LogP contribution in [0.5, 0.6) is 0 Å². The van der Waals surface area contributed by atoms with Crippen molar-refractivity contribution in [2.75, 3.05) is 13.7 Å². The van der Waals surface area contributed by atoms with Crippen LogP contribution in [0.1, 0.15) is 33.6 Å². The summed E-state index contributed by atoms with van der Waals surface area (Å²) < 4.78 is 20.8. The second-order valence-corrected chi connectivity index (χ2v) is 8.29. The number of aliphatic imine (C=N–C) groups is 1. The smallest absolute Gasteiger partial charge is 0.223 e. The van der Waals surface area contributed by atoms with Gasteiger partial charge in [0.05, 0.1) is 24.8 Å². The maximum absolute atomic E-state index is 14.3. The summed E-state index contributed by atoms with van der Waals surface area (Å²) in [5, 5.41) is 0. The van der Waals surface area contributed by atoms with E-state index in [0.717, 1.165) is 16.5 Å². The van der Waals surface area contributed by atoms with Gasteiger partial charge in [0.1, 0.15) is 5.76 Å². The molecular weight excluding hydrogens is 375 g/mol. The second kappa shape index (κ2) is 6.14. The molecule has 6 heteroatoms. The van der Waals surface area contributed by atoms with Crippen LogP contribution in [-0.4, -0.2) is 36.2 Å². The van der Waals surface area contributed by atoms with E-state index in [9.17, 15) is 9.18 Å². The number of fused-ring (bicyclic) bond motifs is 1. The topological polar surface area (TPSA) is 41.9 Å². The van der Waals surface area contributed by atoms with Crippen molar-refractivity contribution < 1.29 is 13.9 Å². The lowest BCUT2D eigenvalue weighted by atomic mass is 9.77. The van der Waals surface area contributed by atoms with E-state index in [-0.39, 0.29) is 23.3 Å². The number of hydrogen-bond acceptors (Lipinski definition) is 3. The van der Waals surface area contributed by atoms with Crippen LogP contribution < -0.4 is 0 Å². The first kappa shape index (κ1) is 17.4. The number of halogens is 2. The minimum Gasteiger partial charge on any atom is -0.495 e. The first-order chi connectivity index (χ1) is 11.2. The Hall–Kier alpha value is -1.43. The lowest BCUT2D eigenvalue weighted by molar-refractivity contribution is -0.129. The predicted octanol–water partition coefficient (Wildman–Crippen LogP) is 4.10. The van der Waals surface area contributed by atoms with Crippen molar-refractivity contribution in [3.63, 3.8) is 0 Å². The molecule has 3 rings (SSSR count). The molecule has 0 bridgehead atoms. The van der Waals surface area contributed by atoms with Crippen LogP contribution in [0.2, 0.25) is 0 Å². The van der Waals surface area contributed by atoms with Gasteiger partial charge in [-0.05, 0) is 24.0 Å². The number of methoxy groups -OCH3 is 1. The third-order valence-corrected chi connectivity index (χ3v) is 5.43. The van der Waals surface area contributed by atoms with E-state index in [2.05, 4.69) is 41.7 Å². The van der Waals surface area contributed by atoms with E-state index >= 15 is 0 Å². The molecule has 0 aromatic carbocycles. The molecule has 2 unspecified atom stereocenters. The van der Waals surface area contributed by atoms with Crippen LogP contribution in [0.4, 0.5) is 4.39 Å². The van der Waals surface area contributed by atoms with Gasteiger partial charge in [-0.25, -0.2) is 4.99 Å². The molecule has 0 aromatic rings. The van der Waals surface area contributed by atoms with Crippen molar-refractivity contribution in [3.05, 3.63) is 33.9 Å². The fourth-order valence-electron chi connectivity index (χ4n) is 3.56. The quantitative estimate of drug-likeness (QED) is 0.659. The minimum atomic E-state index is -0.559. The Morgan fingerprint density at radius 3 is 2.67 bits per heavy atom. The monoisotopic (exact) mass is 396 g/mol. The number of carbonyl (C=O) groups is 1. The van der Waals surface area contributed by atoms with E-state index < -0.39 is 5.95 Å². The number of carbonyl (C=O) groups excluding carboxylic acids is 1. The van der Waals surface area contributed by atoms with E-state index in [4.69, 9.17) is 4.74 Å². The summed E-state index contributed by atoms with van der Waals surface area (Å²) in [6, 6.07) is -0.371. The predicted molar refractivity (Wildman–Crippen MR) is 95.4 cm³/mol. The van der Waals surface area contributed by atoms with Gasteiger partial charge < -0.3 is 9.64 Å². The third-order valence-electron chi connectivity index (χ3n) is 4.71. The molecule has 24 heavy (non-hydrogen) atoms. The van der Waals surface area contributed by atoms with Gasteiger partial charge in [0.2, 0.25) is 11.9 Å². The maximum Gasteiger partial charge on any atom is 0.223 e. The summed E-state index contributed by atoms with van der Waals surface area (Å²) in [5.74, 6) is -0.116. The van der Waals surface area contributed by atoms with Gasteiger partial charge in [0.25, 0.3) is 0 Å². The number of ether oxygens (including phenoxy) is 1. The number of nitrogens with zero attached hydrogens (tertiary/aromatic N) is 2. The van der Waals surface area contributed by atoms with Crippen molar-refractivity contribution in [2.24, 2.45) is 16.3 Å². The van der Waals surface area contributed by atoms with Gasteiger partial charge >= 0.3 is 0 Å². The number of allylic oxidation sites excluding steroid dienone is 3. The number of hydrogen-bond donors (Lipinski definition) is 0. The lowest BCUT2D eigenvalue weighted by Gasteiger charge is -2.39. The highest BCUT2D eigenvalue weighted by Gasteiger charge is 2.43. The maximum atomic E-state index is 14.3. The van der Waals surface area contributed by atoms with Gasteiger partial charge in [-0.3, -0.25) is 4.79 Å². The zero-order chi connectivity index (χ0) is 17.6. The molecule has 4 nitrogen and oxygen atoms in total. The summed E-state index contributed by atoms with van der Waals surface area (Å²) in [4.78, 5) is 18.1. The summed E-state index contributed by atoms with van der Waals surface area (Å²) >= 11 is 3.65. The lowest BCUT2D eigenvalue weighted by Crippen LogP contribution is -2.46. The first-order valence-corrected chi connectivity index (χ1v) is 8.95. The molecule has 1 amide bonds. The molecule has 2 atom stereocenters. The molecule has 1 saturated heterocycles. The number of rotatable bonds is 2. The average molecular weight is 397 g/mol. The van der Waals surface area contributed by atoms with Crippen molar-refractivity contribution in [2.45, 2.75) is 39.7 Å². The summed E-state index contributed by atoms with van der Waals surface area (Å²) in [5.41, 5.74) is 1.35. The van der Waals surface area contributed by atoms with Crippen molar-refractivity contribution in [1.29, 1.82) is 0 Å². The molecule has 0 spiro atoms. The average Bonchev–Trinajstić information content (AvgIpc) is 2.91. The van der Waals surface area contributed by atoms with Crippen molar-refractivity contribution >= 4 is 27.5 Å². The largest absolute Gasteiger partial charge is 0.495 e. The molecule has 1 fully saturated rings. The molecule has 0 radical (unpaired) electrons. The molecule has 0 saturated carbocycles. The highest BCUT2D eigenvalue weighted by atomic mass is 79.9. The number of amides is 1. The van der Waals surface area contributed by atoms with Crippen LogP contribution in [-0.2, 0) is 9.53 Å². The van der Waals surface area contributed by atoms with Crippen LogP contribution in [0, 0.1) is 11.3 Å². The van der Waals surface area contributed by atoms with Gasteiger partial charge in [0, 0.05) is 23.0 Å². The molecule has 2 heterocycles. The molecule has 1 aliphatic carbocycles. The molecular formula is C18H22BrFN2O2. The van der Waals surface area contributed by atoms with Gasteiger partial charge in [-0.2, -0.15) is 4.39 Å². The third kappa shape index (κ3) is 2.85. The number of likely N-dealkylation sites (tertiary alicyclic amines) is 1. The Kier molecular flexibility index (Phi) is 4.45. The standard InChI is InChI=1S/C18H22BrFN2O2/c1-18(2,3)10-8-11(19)15-12(22-7-5-6-14(22)23)9-13(20)21-16(15)17(10)24-4/h8-9,12,15H,5-7H2,1-4H3. The molecule has 130 valence electrons. The fraction of sp³-hybridized carbons (Fsp3) is 0.556. The summed E-state index contributed by atoms with van der Waals surface area (Å²) in [6.07, 6.45) is 4.81. The normalized spacial score (nSPS) is 27.7. The molecule has 0 aromatic heterocycles. The van der Waals surface area contributed by atoms with E-state index in [1.54, 1.807) is 12.0 Å². The SMILES string of the molecule is COC1=C(C(C)(C)C)C=C(Br)C2C1=NC(F)=CC2N1CCCC1=O. The van der Waals surface area contributed by atoms with Crippen LogP contribution in [0.3, 0.4) is 0 Å². The van der Waals surface area contributed by atoms with Gasteiger partial charge in [-0.15, -0.1) is 0 Å². The van der Waals surface area contributed by atoms with Crippen molar-refractivity contribution in [3.8, 4) is 0 Å². The highest BCUT2D eigenvalue weighted by Crippen LogP contribution is 2.44. The Bertz CT molecular complexity index is 700. The van der Waals surface area contributed by atoms with Crippen LogP contribution in [0.15, 0.2) is 38.9 Å². The van der Waals surface area contributed by atoms with Crippen LogP contribution >= 0.6 is 15.9 Å². The van der Waals surface area contributed by atoms with Gasteiger partial charge in [-0.1, -0.05) is 36.7 Å². The Morgan fingerprint density at radius 1 is 1.42 bits per heavy atom. The molecule has 3 aliphatic rings. The summed E-state index contributed by atoms with van der Waals surface area (Å²) in [7, 11) is 1.58. The molecule has 2 aliphatic heterocycles. The van der Waals surface area contributed by atoms with E-state index in [0.29, 0.717) is 24.4 Å². The van der Waals surface area contributed by atoms with E-state index in [1.165, 1.54) is 6.08 Å². The Balaban J connectivity index is 2.11. The van der Waals surface area contributed by atoms with E-state index in [1.807, 2.05) is 6.08 Å². The van der Waals surface area contributed by atoms with Crippen LogP contribution in [0.25, 0.3) is 0 Å². The first-order valence-electron chi connectivity index (χ1n) is 8.15. The van der Waals surface area contributed by atoms with Gasteiger partial charge in [0.15, 0.2) is 0 Å². The zero-order valence-electron chi connectivity index (χ0n) is 14.4. The van der Waals surface area contributed by atoms with Crippen molar-refractivity contribution in [1.82, 2.24) is 4.90 Å². The summed E-state index contributed by atoms with van der Waals surface area (Å²) in [6.45, 7) is 6.88. The molecule has 0 N–H and O–H groups in total.